The number of carbonyl (C=O) groups excluding carboxylic acids is 1. The van der Waals surface area contributed by atoms with Crippen LogP contribution in [-0.2, 0) is 4.79 Å². The van der Waals surface area contributed by atoms with Crippen LogP contribution in [0.2, 0.25) is 0 Å². The molecule has 1 aliphatic heterocycles. The van der Waals surface area contributed by atoms with Crippen molar-refractivity contribution in [2.75, 3.05) is 19.6 Å². The lowest BCUT2D eigenvalue weighted by atomic mass is 9.85. The number of hydrogen-bond acceptors (Lipinski definition) is 2. The molecule has 0 N–H and O–H groups in total. The highest BCUT2D eigenvalue weighted by atomic mass is 16.1. The Bertz CT molecular complexity index is 331. The molecule has 2 unspecified atom stereocenters. The lowest BCUT2D eigenvalue weighted by molar-refractivity contribution is -0.124. The molecule has 0 aromatic heterocycles. The summed E-state index contributed by atoms with van der Waals surface area (Å²) in [6.45, 7) is 23.4. The highest BCUT2D eigenvalue weighted by Gasteiger charge is 2.22. The maximum atomic E-state index is 11.6. The van der Waals surface area contributed by atoms with Crippen molar-refractivity contribution in [2.45, 2.75) is 120 Å². The van der Waals surface area contributed by atoms with E-state index in [0.717, 1.165) is 63.1 Å². The molecule has 2 atom stereocenters. The Hall–Kier alpha value is -0.370. The van der Waals surface area contributed by atoms with Gasteiger partial charge >= 0.3 is 0 Å². The van der Waals surface area contributed by atoms with Crippen LogP contribution in [0.15, 0.2) is 0 Å². The number of likely N-dealkylation sites (tertiary alicyclic amines) is 1. The number of piperidine rings is 1. The van der Waals surface area contributed by atoms with E-state index in [0.29, 0.717) is 11.7 Å². The van der Waals surface area contributed by atoms with Crippen LogP contribution in [0.3, 0.4) is 0 Å². The van der Waals surface area contributed by atoms with E-state index in [1.165, 1.54) is 32.1 Å². The summed E-state index contributed by atoms with van der Waals surface area (Å²) in [6, 6.07) is 0. The number of carbonyl (C=O) groups is 1. The van der Waals surface area contributed by atoms with Gasteiger partial charge in [-0.2, -0.15) is 0 Å². The summed E-state index contributed by atoms with van der Waals surface area (Å²) in [6.07, 6.45) is 11.0. The van der Waals surface area contributed by atoms with Crippen molar-refractivity contribution in [1.29, 1.82) is 0 Å². The Morgan fingerprint density at radius 1 is 0.893 bits per heavy atom. The third-order valence-electron chi connectivity index (χ3n) is 6.32. The van der Waals surface area contributed by atoms with Crippen LogP contribution in [-0.4, -0.2) is 30.3 Å². The number of ketones is 1. The van der Waals surface area contributed by atoms with E-state index in [1.807, 2.05) is 13.8 Å². The summed E-state index contributed by atoms with van der Waals surface area (Å²) in [4.78, 5) is 14.0. The first-order valence-electron chi connectivity index (χ1n) is 12.6. The zero-order chi connectivity index (χ0) is 21.9. The zero-order valence-electron chi connectivity index (χ0n) is 21.2. The number of hydrogen-bond donors (Lipinski definition) is 0. The summed E-state index contributed by atoms with van der Waals surface area (Å²) in [5.41, 5.74) is 0. The lowest BCUT2D eigenvalue weighted by Crippen LogP contribution is -2.36. The SMILES string of the molecule is CC.CCCC(=O)C1CCN(CC)CC1.CCCC(CCC(C)CC)C(C)C. The molecular weight excluding hydrogens is 342 g/mol. The molecule has 170 valence electrons. The molecule has 0 saturated carbocycles. The Kier molecular flexibility index (Phi) is 21.2. The minimum atomic E-state index is 0.378. The molecule has 28 heavy (non-hydrogen) atoms. The fourth-order valence-corrected chi connectivity index (χ4v) is 3.91. The van der Waals surface area contributed by atoms with Crippen LogP contribution < -0.4 is 0 Å². The lowest BCUT2D eigenvalue weighted by Gasteiger charge is -2.30. The molecule has 2 heteroatoms. The predicted octanol–water partition coefficient (Wildman–Crippen LogP) is 8.00. The van der Waals surface area contributed by atoms with Crippen molar-refractivity contribution in [2.24, 2.45) is 23.7 Å². The molecule has 0 amide bonds. The molecule has 1 heterocycles. The van der Waals surface area contributed by atoms with Crippen LogP contribution >= 0.6 is 0 Å². The van der Waals surface area contributed by atoms with Gasteiger partial charge in [0.25, 0.3) is 0 Å². The molecule has 0 radical (unpaired) electrons. The highest BCUT2D eigenvalue weighted by Crippen LogP contribution is 2.25. The molecule has 2 nitrogen and oxygen atoms in total. The first-order valence-corrected chi connectivity index (χ1v) is 12.6. The zero-order valence-corrected chi connectivity index (χ0v) is 21.2. The van der Waals surface area contributed by atoms with Crippen LogP contribution in [0.25, 0.3) is 0 Å². The summed E-state index contributed by atoms with van der Waals surface area (Å²) < 4.78 is 0. The Morgan fingerprint density at radius 2 is 1.46 bits per heavy atom. The molecule has 1 aliphatic rings. The van der Waals surface area contributed by atoms with E-state index in [1.54, 1.807) is 0 Å². The second kappa shape index (κ2) is 19.9. The van der Waals surface area contributed by atoms with E-state index >= 15 is 0 Å². The van der Waals surface area contributed by atoms with Crippen molar-refractivity contribution in [1.82, 2.24) is 4.90 Å². The molecule has 0 aliphatic carbocycles. The Balaban J connectivity index is 0. The van der Waals surface area contributed by atoms with E-state index in [9.17, 15) is 4.79 Å². The van der Waals surface area contributed by atoms with Crippen LogP contribution in [0.1, 0.15) is 120 Å². The maximum Gasteiger partial charge on any atom is 0.136 e. The van der Waals surface area contributed by atoms with Gasteiger partial charge < -0.3 is 4.90 Å². The van der Waals surface area contributed by atoms with Gasteiger partial charge in [0.05, 0.1) is 0 Å². The fourth-order valence-electron chi connectivity index (χ4n) is 3.91. The molecule has 1 saturated heterocycles. The summed E-state index contributed by atoms with van der Waals surface area (Å²) in [5, 5.41) is 0. The first-order chi connectivity index (χ1) is 13.4. The molecule has 0 aromatic rings. The first kappa shape index (κ1) is 29.8. The van der Waals surface area contributed by atoms with Gasteiger partial charge in [0.15, 0.2) is 0 Å². The van der Waals surface area contributed by atoms with Crippen LogP contribution in [0.4, 0.5) is 0 Å². The maximum absolute atomic E-state index is 11.6. The largest absolute Gasteiger partial charge is 0.304 e. The van der Waals surface area contributed by atoms with Crippen molar-refractivity contribution in [3.8, 4) is 0 Å². The topological polar surface area (TPSA) is 20.3 Å². The second-order valence-electron chi connectivity index (χ2n) is 8.81. The minimum absolute atomic E-state index is 0.378. The standard InChI is InChI=1S/C13H28.C11H21NO.C2H6/c1-6-8-13(11(3)4)10-9-12(5)7-2;1-3-5-11(13)10-6-8-12(4-2)9-7-10;1-2/h11-13H,6-10H2,1-5H3;10H,3-9H2,1-2H3;1-2H3. The van der Waals surface area contributed by atoms with Crippen LogP contribution in [0.5, 0.6) is 0 Å². The molecule has 0 spiro atoms. The predicted molar refractivity (Wildman–Crippen MR) is 128 cm³/mol. The third kappa shape index (κ3) is 14.6. The van der Waals surface area contributed by atoms with Gasteiger partial charge in [0.2, 0.25) is 0 Å². The molecular formula is C26H55NO. The van der Waals surface area contributed by atoms with Gasteiger partial charge in [-0.15, -0.1) is 0 Å². The van der Waals surface area contributed by atoms with Gasteiger partial charge in [0.1, 0.15) is 5.78 Å². The number of rotatable bonds is 11. The second-order valence-corrected chi connectivity index (χ2v) is 8.81. The van der Waals surface area contributed by atoms with Gasteiger partial charge in [-0.1, -0.05) is 88.0 Å². The van der Waals surface area contributed by atoms with Gasteiger partial charge in [0, 0.05) is 12.3 Å². The molecule has 1 rings (SSSR count). The van der Waals surface area contributed by atoms with Gasteiger partial charge in [-0.3, -0.25) is 4.79 Å². The average Bonchev–Trinajstić information content (AvgIpc) is 2.72. The third-order valence-corrected chi connectivity index (χ3v) is 6.32. The Labute approximate surface area is 179 Å². The van der Waals surface area contributed by atoms with Crippen molar-refractivity contribution < 1.29 is 4.79 Å². The highest BCUT2D eigenvalue weighted by molar-refractivity contribution is 5.81. The number of nitrogens with zero attached hydrogens (tertiary/aromatic N) is 1. The van der Waals surface area contributed by atoms with Crippen LogP contribution in [0, 0.1) is 23.7 Å². The van der Waals surface area contributed by atoms with E-state index < -0.39 is 0 Å². The van der Waals surface area contributed by atoms with Gasteiger partial charge in [-0.05, 0) is 63.1 Å². The fraction of sp³-hybridized carbons (Fsp3) is 0.962. The summed E-state index contributed by atoms with van der Waals surface area (Å²) >= 11 is 0. The van der Waals surface area contributed by atoms with Crippen molar-refractivity contribution in [3.63, 3.8) is 0 Å². The molecule has 0 aromatic carbocycles. The molecule has 0 bridgehead atoms. The summed E-state index contributed by atoms with van der Waals surface area (Å²) in [7, 11) is 0. The normalized spacial score (nSPS) is 17.2. The monoisotopic (exact) mass is 397 g/mol. The van der Waals surface area contributed by atoms with Gasteiger partial charge in [-0.25, -0.2) is 0 Å². The summed E-state index contributed by atoms with van der Waals surface area (Å²) in [5.74, 6) is 3.65. The van der Waals surface area contributed by atoms with Crippen molar-refractivity contribution in [3.05, 3.63) is 0 Å². The number of Topliss-reactive ketones (excluding diaryl/α,β-unsaturated/α-hetero) is 1. The average molecular weight is 398 g/mol. The Morgan fingerprint density at radius 3 is 1.86 bits per heavy atom. The quantitative estimate of drug-likeness (QED) is 0.352. The minimum Gasteiger partial charge on any atom is -0.304 e. The van der Waals surface area contributed by atoms with E-state index in [-0.39, 0.29) is 0 Å². The molecule has 1 fully saturated rings. The van der Waals surface area contributed by atoms with Crippen molar-refractivity contribution >= 4 is 5.78 Å². The van der Waals surface area contributed by atoms with E-state index in [2.05, 4.69) is 53.4 Å². The van der Waals surface area contributed by atoms with E-state index in [4.69, 9.17) is 0 Å². The smallest absolute Gasteiger partial charge is 0.136 e.